The van der Waals surface area contributed by atoms with Crippen molar-refractivity contribution in [1.29, 1.82) is 0 Å². The first-order chi connectivity index (χ1) is 10.8. The van der Waals surface area contributed by atoms with E-state index in [2.05, 4.69) is 10.3 Å². The molecule has 0 saturated carbocycles. The van der Waals surface area contributed by atoms with Crippen LogP contribution in [0, 0.1) is 0 Å². The number of hydrogen-bond donors (Lipinski definition) is 1. The molecule has 1 aliphatic rings. The first-order valence-corrected chi connectivity index (χ1v) is 9.06. The van der Waals surface area contributed by atoms with Gasteiger partial charge in [0.25, 0.3) is 0 Å². The molecule has 3 rings (SSSR count). The van der Waals surface area contributed by atoms with Crippen molar-refractivity contribution in [2.24, 2.45) is 0 Å². The van der Waals surface area contributed by atoms with Gasteiger partial charge in [0.2, 0.25) is 5.91 Å². The number of carbonyl (C=O) groups is 1. The zero-order valence-corrected chi connectivity index (χ0v) is 13.7. The second-order valence-electron chi connectivity index (χ2n) is 5.18. The van der Waals surface area contributed by atoms with Crippen molar-refractivity contribution in [2.45, 2.75) is 31.6 Å². The summed E-state index contributed by atoms with van der Waals surface area (Å²) < 4.78 is 11.4. The summed E-state index contributed by atoms with van der Waals surface area (Å²) >= 11 is 3.15. The number of thiazole rings is 1. The van der Waals surface area contributed by atoms with Gasteiger partial charge < -0.3 is 14.8 Å². The molecule has 1 aliphatic heterocycles. The molecule has 0 spiro atoms. The molecule has 0 unspecified atom stereocenters. The Labute approximate surface area is 137 Å². The highest BCUT2D eigenvalue weighted by atomic mass is 32.1. The summed E-state index contributed by atoms with van der Waals surface area (Å²) in [4.78, 5) is 16.3. The first-order valence-electron chi connectivity index (χ1n) is 7.18. The number of carbonyl (C=O) groups excluding carboxylic acids is 1. The van der Waals surface area contributed by atoms with E-state index in [1.807, 2.05) is 22.2 Å². The maximum atomic E-state index is 12.1. The summed E-state index contributed by atoms with van der Waals surface area (Å²) in [6, 6.07) is 1.87. The lowest BCUT2D eigenvalue weighted by molar-refractivity contribution is -0.125. The number of hydrogen-bond acceptors (Lipinski definition) is 6. The van der Waals surface area contributed by atoms with Gasteiger partial charge in [-0.25, -0.2) is 4.98 Å². The van der Waals surface area contributed by atoms with Crippen LogP contribution in [0.5, 0.6) is 0 Å². The van der Waals surface area contributed by atoms with Crippen LogP contribution in [-0.2, 0) is 27.3 Å². The zero-order chi connectivity index (χ0) is 15.2. The Bertz CT molecular complexity index is 572. The van der Waals surface area contributed by atoms with E-state index in [4.69, 9.17) is 9.47 Å². The summed E-state index contributed by atoms with van der Waals surface area (Å²) in [7, 11) is 0. The number of amides is 1. The molecule has 1 N–H and O–H groups in total. The van der Waals surface area contributed by atoms with Crippen LogP contribution in [0.25, 0.3) is 0 Å². The molecule has 3 heterocycles. The molecule has 0 aliphatic carbocycles. The minimum atomic E-state index is -0.0986. The quantitative estimate of drug-likeness (QED) is 0.877. The highest BCUT2D eigenvalue weighted by Crippen LogP contribution is 2.15. The third-order valence-corrected chi connectivity index (χ3v) is 4.88. The van der Waals surface area contributed by atoms with Crippen molar-refractivity contribution in [3.8, 4) is 0 Å². The Kier molecular flexibility index (Phi) is 5.55. The van der Waals surface area contributed by atoms with Gasteiger partial charge in [-0.05, 0) is 28.8 Å². The summed E-state index contributed by atoms with van der Waals surface area (Å²) in [5.41, 5.74) is 3.77. The number of nitrogens with zero attached hydrogens (tertiary/aromatic N) is 1. The van der Waals surface area contributed by atoms with Crippen molar-refractivity contribution in [1.82, 2.24) is 10.3 Å². The Balaban J connectivity index is 1.51. The standard InChI is InChI=1S/C15H18N2O3S2/c18-15(5-11-2-4-21-8-11)17-13-7-19-3-1-14(13)20-6-12-9-22-10-16-12/h2,4,8-10,13-14H,1,3,5-7H2,(H,17,18)/t13-,14+/m1/s1. The molecule has 1 saturated heterocycles. The number of thiophene rings is 1. The maximum absolute atomic E-state index is 12.1. The minimum Gasteiger partial charge on any atom is -0.379 e. The van der Waals surface area contributed by atoms with E-state index in [1.165, 1.54) is 0 Å². The third kappa shape index (κ3) is 4.36. The molecule has 2 aromatic heterocycles. The highest BCUT2D eigenvalue weighted by molar-refractivity contribution is 7.08. The lowest BCUT2D eigenvalue weighted by Gasteiger charge is -2.32. The van der Waals surface area contributed by atoms with Crippen molar-refractivity contribution >= 4 is 28.6 Å². The molecule has 0 bridgehead atoms. The maximum Gasteiger partial charge on any atom is 0.224 e. The Morgan fingerprint density at radius 2 is 2.41 bits per heavy atom. The molecule has 22 heavy (non-hydrogen) atoms. The highest BCUT2D eigenvalue weighted by Gasteiger charge is 2.28. The van der Waals surface area contributed by atoms with Crippen LogP contribution in [0.3, 0.4) is 0 Å². The summed E-state index contributed by atoms with van der Waals surface area (Å²) in [5.74, 6) is 0.0103. The lowest BCUT2D eigenvalue weighted by Crippen LogP contribution is -2.50. The van der Waals surface area contributed by atoms with Gasteiger partial charge >= 0.3 is 0 Å². The minimum absolute atomic E-state index is 0.0103. The molecule has 2 aromatic rings. The smallest absolute Gasteiger partial charge is 0.224 e. The largest absolute Gasteiger partial charge is 0.379 e. The SMILES string of the molecule is O=C(Cc1ccsc1)N[C@@H]1COCC[C@@H]1OCc1cscn1. The summed E-state index contributed by atoms with van der Waals surface area (Å²) in [6.45, 7) is 1.64. The summed E-state index contributed by atoms with van der Waals surface area (Å²) in [6.07, 6.45) is 1.16. The molecular weight excluding hydrogens is 320 g/mol. The van der Waals surface area contributed by atoms with E-state index < -0.39 is 0 Å². The normalized spacial score (nSPS) is 21.6. The zero-order valence-electron chi connectivity index (χ0n) is 12.1. The first kappa shape index (κ1) is 15.6. The van der Waals surface area contributed by atoms with Gasteiger partial charge in [-0.3, -0.25) is 4.79 Å². The fourth-order valence-electron chi connectivity index (χ4n) is 2.39. The Hall–Kier alpha value is -1.28. The van der Waals surface area contributed by atoms with Gasteiger partial charge in [-0.1, -0.05) is 0 Å². The molecule has 2 atom stereocenters. The van der Waals surface area contributed by atoms with Gasteiger partial charge in [0.05, 0.1) is 43.0 Å². The molecule has 118 valence electrons. The predicted molar refractivity (Wildman–Crippen MR) is 86.1 cm³/mol. The predicted octanol–water partition coefficient (Wildman–Crippen LogP) is 2.24. The third-order valence-electron chi connectivity index (χ3n) is 3.51. The molecule has 0 radical (unpaired) electrons. The van der Waals surface area contributed by atoms with Gasteiger partial charge in [0.1, 0.15) is 0 Å². The number of ether oxygens (including phenoxy) is 2. The van der Waals surface area contributed by atoms with E-state index in [9.17, 15) is 4.79 Å². The van der Waals surface area contributed by atoms with Gasteiger partial charge in [0.15, 0.2) is 0 Å². The number of nitrogens with one attached hydrogen (secondary N) is 1. The molecule has 0 aromatic carbocycles. The molecule has 1 amide bonds. The van der Waals surface area contributed by atoms with Crippen molar-refractivity contribution < 1.29 is 14.3 Å². The van der Waals surface area contributed by atoms with Crippen LogP contribution in [0.2, 0.25) is 0 Å². The van der Waals surface area contributed by atoms with Crippen LogP contribution in [0.15, 0.2) is 27.7 Å². The Morgan fingerprint density at radius 1 is 1.45 bits per heavy atom. The summed E-state index contributed by atoms with van der Waals surface area (Å²) in [5, 5.41) is 8.98. The van der Waals surface area contributed by atoms with E-state index in [0.29, 0.717) is 26.2 Å². The van der Waals surface area contributed by atoms with Crippen LogP contribution >= 0.6 is 22.7 Å². The number of rotatable bonds is 6. The van der Waals surface area contributed by atoms with Crippen molar-refractivity contribution in [3.63, 3.8) is 0 Å². The lowest BCUT2D eigenvalue weighted by atomic mass is 10.1. The molecular formula is C15H18N2O3S2. The second-order valence-corrected chi connectivity index (χ2v) is 6.67. The van der Waals surface area contributed by atoms with Crippen LogP contribution in [0.4, 0.5) is 0 Å². The van der Waals surface area contributed by atoms with Crippen LogP contribution in [0.1, 0.15) is 17.7 Å². The van der Waals surface area contributed by atoms with E-state index >= 15 is 0 Å². The molecule has 5 nitrogen and oxygen atoms in total. The number of aromatic nitrogens is 1. The van der Waals surface area contributed by atoms with Crippen LogP contribution in [-0.4, -0.2) is 36.3 Å². The average molecular weight is 338 g/mol. The fourth-order valence-corrected chi connectivity index (χ4v) is 3.60. The van der Waals surface area contributed by atoms with E-state index in [0.717, 1.165) is 17.7 Å². The molecule has 1 fully saturated rings. The van der Waals surface area contributed by atoms with E-state index in [-0.39, 0.29) is 18.1 Å². The Morgan fingerprint density at radius 3 is 3.18 bits per heavy atom. The van der Waals surface area contributed by atoms with Gasteiger partial charge in [-0.2, -0.15) is 11.3 Å². The van der Waals surface area contributed by atoms with Crippen LogP contribution < -0.4 is 5.32 Å². The second kappa shape index (κ2) is 7.82. The van der Waals surface area contributed by atoms with E-state index in [1.54, 1.807) is 28.2 Å². The molecule has 7 heteroatoms. The topological polar surface area (TPSA) is 60.5 Å². The fraction of sp³-hybridized carbons (Fsp3) is 0.467. The van der Waals surface area contributed by atoms with Crippen molar-refractivity contribution in [2.75, 3.05) is 13.2 Å². The average Bonchev–Trinajstić information content (AvgIpc) is 3.19. The van der Waals surface area contributed by atoms with Gasteiger partial charge in [0, 0.05) is 12.0 Å². The van der Waals surface area contributed by atoms with Crippen molar-refractivity contribution in [3.05, 3.63) is 39.0 Å². The van der Waals surface area contributed by atoms with Gasteiger partial charge in [-0.15, -0.1) is 11.3 Å². The monoisotopic (exact) mass is 338 g/mol.